The molecule has 3 unspecified atom stereocenters. The van der Waals surface area contributed by atoms with Crippen LogP contribution in [0.5, 0.6) is 0 Å². The van der Waals surface area contributed by atoms with Crippen LogP contribution in [0.1, 0.15) is 18.9 Å². The first kappa shape index (κ1) is 22.0. The number of piperidine rings is 1. The van der Waals surface area contributed by atoms with Gasteiger partial charge in [-0.1, -0.05) is 31.2 Å². The molecule has 5 rings (SSSR count). The average Bonchev–Trinajstić information content (AvgIpc) is 3.13. The van der Waals surface area contributed by atoms with Gasteiger partial charge in [0.1, 0.15) is 11.9 Å². The maximum Gasteiger partial charge on any atom is 0.238 e. The largest absolute Gasteiger partial charge is 0.339 e. The monoisotopic (exact) mass is 468 g/mol. The van der Waals surface area contributed by atoms with Gasteiger partial charge in [-0.3, -0.25) is 4.79 Å². The van der Waals surface area contributed by atoms with Crippen molar-refractivity contribution in [1.82, 2.24) is 10.6 Å². The highest BCUT2D eigenvalue weighted by Gasteiger charge is 2.67. The van der Waals surface area contributed by atoms with Crippen LogP contribution < -0.4 is 15.8 Å². The molecule has 2 aromatic carbocycles. The van der Waals surface area contributed by atoms with Crippen LogP contribution in [-0.4, -0.2) is 32.5 Å². The average molecular weight is 469 g/mol. The maximum atomic E-state index is 14.8. The Hall–Kier alpha value is -2.80. The highest BCUT2D eigenvalue weighted by molar-refractivity contribution is 7.89. The van der Waals surface area contributed by atoms with Crippen molar-refractivity contribution in [1.29, 1.82) is 5.26 Å². The van der Waals surface area contributed by atoms with Crippen molar-refractivity contribution in [3.63, 3.8) is 0 Å². The van der Waals surface area contributed by atoms with Crippen molar-refractivity contribution >= 4 is 15.9 Å². The first-order chi connectivity index (χ1) is 15.7. The zero-order valence-corrected chi connectivity index (χ0v) is 18.8. The molecule has 2 bridgehead atoms. The number of carbonyl (C=O) groups is 1. The van der Waals surface area contributed by atoms with Crippen LogP contribution >= 0.6 is 0 Å². The number of primary sulfonamides is 1. The molecule has 1 saturated heterocycles. The zero-order valence-electron chi connectivity index (χ0n) is 18.0. The van der Waals surface area contributed by atoms with E-state index in [9.17, 15) is 22.9 Å². The van der Waals surface area contributed by atoms with E-state index >= 15 is 0 Å². The fourth-order valence-electron chi connectivity index (χ4n) is 5.94. The lowest BCUT2D eigenvalue weighted by Crippen LogP contribution is -2.51. The molecule has 33 heavy (non-hydrogen) atoms. The maximum absolute atomic E-state index is 14.8. The summed E-state index contributed by atoms with van der Waals surface area (Å²) in [6, 6.07) is 11.8. The van der Waals surface area contributed by atoms with Crippen molar-refractivity contribution in [2.45, 2.75) is 42.8 Å². The van der Waals surface area contributed by atoms with Crippen LogP contribution in [-0.2, 0) is 21.2 Å². The second-order valence-corrected chi connectivity index (χ2v) is 11.0. The Bertz CT molecular complexity index is 1260. The first-order valence-electron chi connectivity index (χ1n) is 11.0. The van der Waals surface area contributed by atoms with Gasteiger partial charge in [0.05, 0.1) is 17.0 Å². The summed E-state index contributed by atoms with van der Waals surface area (Å²) in [5.74, 6) is 1.61. The third-order valence-electron chi connectivity index (χ3n) is 7.57. The zero-order chi connectivity index (χ0) is 23.5. The molecule has 1 heterocycles. The number of hydrogen-bond acceptors (Lipinski definition) is 5. The molecule has 0 radical (unpaired) electrons. The topological polar surface area (TPSA) is 125 Å². The van der Waals surface area contributed by atoms with E-state index in [0.717, 1.165) is 6.42 Å². The Morgan fingerprint density at radius 3 is 2.55 bits per heavy atom. The van der Waals surface area contributed by atoms with Crippen LogP contribution in [0.2, 0.25) is 0 Å². The molecule has 2 aromatic rings. The normalized spacial score (nSPS) is 30.4. The van der Waals surface area contributed by atoms with E-state index in [-0.39, 0.29) is 23.3 Å². The minimum Gasteiger partial charge on any atom is -0.339 e. The molecule has 9 heteroatoms. The number of nitrogens with two attached hydrogens (primary N) is 1. The van der Waals surface area contributed by atoms with E-state index in [1.807, 2.05) is 0 Å². The summed E-state index contributed by atoms with van der Waals surface area (Å²) in [5.41, 5.74) is 1.52. The van der Waals surface area contributed by atoms with Gasteiger partial charge in [-0.15, -0.1) is 0 Å². The third kappa shape index (κ3) is 3.92. The SMILES string of the molecule is CC1C2C1[C@H]1C[C@@H]2N[C@@H]1C(=O)N[C@H](C#N)Cc1ccc(-c2ccc(S(N)(=O)=O)cc2)cc1F. The number of benzene rings is 2. The second-order valence-electron chi connectivity index (χ2n) is 9.43. The predicted molar refractivity (Wildman–Crippen MR) is 119 cm³/mol. The van der Waals surface area contributed by atoms with Gasteiger partial charge < -0.3 is 10.6 Å². The second kappa shape index (κ2) is 7.90. The summed E-state index contributed by atoms with van der Waals surface area (Å²) in [6.07, 6.45) is 1.07. The third-order valence-corrected chi connectivity index (χ3v) is 8.50. The highest BCUT2D eigenvalue weighted by atomic mass is 32.2. The lowest BCUT2D eigenvalue weighted by Gasteiger charge is -2.23. The van der Waals surface area contributed by atoms with Crippen molar-refractivity contribution in [3.05, 3.63) is 53.8 Å². The molecule has 0 spiro atoms. The molecule has 3 aliphatic rings. The van der Waals surface area contributed by atoms with E-state index in [2.05, 4.69) is 23.6 Å². The number of fused-ring (bicyclic) bond motifs is 5. The Kier molecular flexibility index (Phi) is 5.27. The van der Waals surface area contributed by atoms with Gasteiger partial charge in [0.15, 0.2) is 0 Å². The number of sulfonamides is 1. The highest BCUT2D eigenvalue weighted by Crippen LogP contribution is 2.64. The first-order valence-corrected chi connectivity index (χ1v) is 12.6. The van der Waals surface area contributed by atoms with Gasteiger partial charge in [0, 0.05) is 12.5 Å². The minimum absolute atomic E-state index is 0.0208. The van der Waals surface area contributed by atoms with Gasteiger partial charge in [0.25, 0.3) is 0 Å². The Balaban J connectivity index is 1.25. The Morgan fingerprint density at radius 1 is 1.24 bits per heavy atom. The minimum atomic E-state index is -3.80. The molecule has 0 aromatic heterocycles. The van der Waals surface area contributed by atoms with Gasteiger partial charge in [0.2, 0.25) is 15.9 Å². The number of carbonyl (C=O) groups excluding carboxylic acids is 1. The number of halogens is 1. The summed E-state index contributed by atoms with van der Waals surface area (Å²) < 4.78 is 37.6. The summed E-state index contributed by atoms with van der Waals surface area (Å²) in [4.78, 5) is 12.8. The fourth-order valence-corrected chi connectivity index (χ4v) is 6.46. The smallest absolute Gasteiger partial charge is 0.238 e. The van der Waals surface area contributed by atoms with E-state index in [1.54, 1.807) is 24.3 Å². The number of nitrogens with one attached hydrogen (secondary N) is 2. The molecule has 3 fully saturated rings. The van der Waals surface area contributed by atoms with E-state index in [0.29, 0.717) is 46.4 Å². The molecular weight excluding hydrogens is 443 g/mol. The van der Waals surface area contributed by atoms with Crippen molar-refractivity contribution in [2.75, 3.05) is 0 Å². The van der Waals surface area contributed by atoms with E-state index in [4.69, 9.17) is 5.14 Å². The predicted octanol–water partition coefficient (Wildman–Crippen LogP) is 1.93. The summed E-state index contributed by atoms with van der Waals surface area (Å²) in [7, 11) is -3.80. The van der Waals surface area contributed by atoms with Crippen molar-refractivity contribution in [3.8, 4) is 17.2 Å². The van der Waals surface area contributed by atoms with Crippen molar-refractivity contribution in [2.24, 2.45) is 28.8 Å². The lowest BCUT2D eigenvalue weighted by molar-refractivity contribution is -0.124. The molecule has 7 nitrogen and oxygen atoms in total. The molecule has 2 saturated carbocycles. The molecular formula is C24H25FN4O3S. The summed E-state index contributed by atoms with van der Waals surface area (Å²) in [5, 5.41) is 20.9. The molecule has 1 amide bonds. The molecule has 1 aliphatic heterocycles. The number of amides is 1. The van der Waals surface area contributed by atoms with Crippen LogP contribution in [0.25, 0.3) is 11.1 Å². The van der Waals surface area contributed by atoms with E-state index in [1.165, 1.54) is 18.2 Å². The molecule has 7 atom stereocenters. The summed E-state index contributed by atoms with van der Waals surface area (Å²) >= 11 is 0. The van der Waals surface area contributed by atoms with Gasteiger partial charge in [-0.2, -0.15) is 5.26 Å². The number of rotatable bonds is 6. The van der Waals surface area contributed by atoms with E-state index < -0.39 is 21.9 Å². The Labute approximate surface area is 192 Å². The lowest BCUT2D eigenvalue weighted by atomic mass is 9.94. The standard InChI is InChI=1S/C24H25FN4O3S/c1-12-21-18-10-20(22(12)21)29-23(18)24(30)28-16(11-26)8-15-3-2-14(9-19(15)25)13-4-6-17(7-5-13)33(27,31)32/h2-7,9,12,16,18,20-23,29H,8,10H2,1H3,(H,28,30)(H2,27,31,32)/t12?,16-,18+,20-,21?,22?,23-/m0/s1. The number of hydrogen-bond donors (Lipinski definition) is 3. The number of nitriles is 1. The van der Waals surface area contributed by atoms with Gasteiger partial charge >= 0.3 is 0 Å². The molecule has 172 valence electrons. The fraction of sp³-hybridized carbons (Fsp3) is 0.417. The Morgan fingerprint density at radius 2 is 1.94 bits per heavy atom. The van der Waals surface area contributed by atoms with Crippen LogP contribution in [0.3, 0.4) is 0 Å². The van der Waals surface area contributed by atoms with Gasteiger partial charge in [-0.25, -0.2) is 17.9 Å². The van der Waals surface area contributed by atoms with Crippen LogP contribution in [0, 0.1) is 40.8 Å². The van der Waals surface area contributed by atoms with Crippen molar-refractivity contribution < 1.29 is 17.6 Å². The quantitative estimate of drug-likeness (QED) is 0.597. The summed E-state index contributed by atoms with van der Waals surface area (Å²) in [6.45, 7) is 2.23. The van der Waals surface area contributed by atoms with Gasteiger partial charge in [-0.05, 0) is 65.0 Å². The molecule has 2 aliphatic carbocycles. The van der Waals surface area contributed by atoms with Crippen LogP contribution in [0.15, 0.2) is 47.4 Å². The molecule has 4 N–H and O–H groups in total. The van der Waals surface area contributed by atoms with Crippen LogP contribution in [0.4, 0.5) is 4.39 Å². The number of nitrogens with zero attached hydrogens (tertiary/aromatic N) is 1.